The van der Waals surface area contributed by atoms with Crippen LogP contribution in [0.15, 0.2) is 77.3 Å². The first-order chi connectivity index (χ1) is 20.0. The average molecular weight is 592 g/mol. The van der Waals surface area contributed by atoms with Gasteiger partial charge in [0.2, 0.25) is 0 Å². The third kappa shape index (κ3) is 6.71. The zero-order valence-corrected chi connectivity index (χ0v) is 25.9. The minimum absolute atomic E-state index is 0.135. The Morgan fingerprint density at radius 1 is 0.929 bits per heavy atom. The van der Waals surface area contributed by atoms with Crippen LogP contribution in [0.25, 0.3) is 16.9 Å². The molecule has 1 N–H and O–H groups in total. The van der Waals surface area contributed by atoms with Gasteiger partial charge in [-0.25, -0.2) is 14.3 Å². The Morgan fingerprint density at radius 2 is 1.50 bits per heavy atom. The quantitative estimate of drug-likeness (QED) is 0.258. The fraction of sp³-hybridized carbons (Fsp3) is 0.364. The van der Waals surface area contributed by atoms with Crippen molar-refractivity contribution >= 4 is 23.5 Å². The molecule has 4 rings (SSSR count). The van der Waals surface area contributed by atoms with E-state index in [1.807, 2.05) is 84.1 Å². The Kier molecular flexibility index (Phi) is 9.78. The maximum absolute atomic E-state index is 13.7. The van der Waals surface area contributed by atoms with Gasteiger partial charge < -0.3 is 19.5 Å². The number of ether oxygens (including phenoxy) is 3. The molecule has 1 aromatic heterocycles. The highest BCUT2D eigenvalue weighted by Crippen LogP contribution is 2.44. The molecule has 0 radical (unpaired) electrons. The summed E-state index contributed by atoms with van der Waals surface area (Å²) in [6.45, 7) is 12.0. The lowest BCUT2D eigenvalue weighted by molar-refractivity contribution is -0.141. The number of methoxy groups -OCH3 is 1. The van der Waals surface area contributed by atoms with Gasteiger partial charge in [0.1, 0.15) is 5.75 Å². The number of hydrogen-bond acceptors (Lipinski definition) is 7. The van der Waals surface area contributed by atoms with Crippen molar-refractivity contribution in [2.75, 3.05) is 20.3 Å². The molecular formula is C33H38ClN3O5. The van der Waals surface area contributed by atoms with E-state index < -0.39 is 17.9 Å². The molecule has 3 aromatic rings. The van der Waals surface area contributed by atoms with Gasteiger partial charge in [-0.05, 0) is 56.0 Å². The standard InChI is InChI=1S/C33H38ClN3O5/c1-19(2)17-41-32(38)28-21(5)35-22(6)29(33(39)42-18-20(3)4)30(28)25-16-37(24-11-9-8-10-12-24)36-31(25)23-13-14-27(40-7)26(34)15-23/h8-16,19-20,30,35H,17-18H2,1-7H3. The molecule has 1 aliphatic rings. The first-order valence-electron chi connectivity index (χ1n) is 14.0. The van der Waals surface area contributed by atoms with Crippen molar-refractivity contribution < 1.29 is 23.8 Å². The summed E-state index contributed by atoms with van der Waals surface area (Å²) in [5.74, 6) is -1.04. The second-order valence-electron chi connectivity index (χ2n) is 11.2. The highest BCUT2D eigenvalue weighted by Gasteiger charge is 2.40. The number of esters is 2. The molecule has 0 unspecified atom stereocenters. The highest BCUT2D eigenvalue weighted by molar-refractivity contribution is 6.32. The fourth-order valence-electron chi connectivity index (χ4n) is 4.84. The Hall–Kier alpha value is -4.04. The molecule has 8 nitrogen and oxygen atoms in total. The van der Waals surface area contributed by atoms with Gasteiger partial charge >= 0.3 is 11.9 Å². The SMILES string of the molecule is COc1ccc(-c2nn(-c3ccccc3)cc2C2C(C(=O)OCC(C)C)=C(C)NC(C)=C2C(=O)OCC(C)C)cc1Cl. The topological polar surface area (TPSA) is 91.7 Å². The molecular weight excluding hydrogens is 554 g/mol. The van der Waals surface area contributed by atoms with E-state index in [9.17, 15) is 9.59 Å². The number of allylic oxidation sites excluding steroid dienone is 2. The zero-order chi connectivity index (χ0) is 30.6. The van der Waals surface area contributed by atoms with Gasteiger partial charge in [0, 0.05) is 28.7 Å². The second-order valence-corrected chi connectivity index (χ2v) is 11.6. The molecule has 2 aromatic carbocycles. The van der Waals surface area contributed by atoms with Crippen LogP contribution >= 0.6 is 11.6 Å². The van der Waals surface area contributed by atoms with Crippen LogP contribution in [0.3, 0.4) is 0 Å². The van der Waals surface area contributed by atoms with Gasteiger partial charge in [-0.15, -0.1) is 0 Å². The molecule has 0 spiro atoms. The normalized spacial score (nSPS) is 14.0. The molecule has 0 atom stereocenters. The molecule has 2 heterocycles. The van der Waals surface area contributed by atoms with Crippen molar-refractivity contribution in [2.24, 2.45) is 11.8 Å². The van der Waals surface area contributed by atoms with Crippen LogP contribution < -0.4 is 10.1 Å². The van der Waals surface area contributed by atoms with Crippen LogP contribution in [-0.4, -0.2) is 42.0 Å². The molecule has 42 heavy (non-hydrogen) atoms. The number of benzene rings is 2. The summed E-state index contributed by atoms with van der Waals surface area (Å²) in [7, 11) is 1.55. The second kappa shape index (κ2) is 13.3. The smallest absolute Gasteiger partial charge is 0.336 e. The summed E-state index contributed by atoms with van der Waals surface area (Å²) < 4.78 is 18.6. The summed E-state index contributed by atoms with van der Waals surface area (Å²) >= 11 is 6.55. The lowest BCUT2D eigenvalue weighted by Gasteiger charge is -2.30. The lowest BCUT2D eigenvalue weighted by Crippen LogP contribution is -2.33. The Balaban J connectivity index is 1.98. The predicted octanol–water partition coefficient (Wildman–Crippen LogP) is 6.83. The molecule has 222 valence electrons. The average Bonchev–Trinajstić information content (AvgIpc) is 3.40. The van der Waals surface area contributed by atoms with Crippen molar-refractivity contribution in [3.05, 3.63) is 87.9 Å². The van der Waals surface area contributed by atoms with Crippen molar-refractivity contribution in [1.29, 1.82) is 0 Å². The van der Waals surface area contributed by atoms with Crippen LogP contribution in [0.4, 0.5) is 0 Å². The molecule has 0 bridgehead atoms. The van der Waals surface area contributed by atoms with Crippen LogP contribution in [0.2, 0.25) is 5.02 Å². The number of nitrogens with one attached hydrogen (secondary N) is 1. The molecule has 0 amide bonds. The van der Waals surface area contributed by atoms with E-state index in [0.29, 0.717) is 50.1 Å². The molecule has 0 saturated heterocycles. The fourth-order valence-corrected chi connectivity index (χ4v) is 5.09. The van der Waals surface area contributed by atoms with Crippen LogP contribution in [0.1, 0.15) is 53.0 Å². The highest BCUT2D eigenvalue weighted by atomic mass is 35.5. The summed E-state index contributed by atoms with van der Waals surface area (Å²) in [6.07, 6.45) is 1.85. The molecule has 0 saturated carbocycles. The van der Waals surface area contributed by atoms with E-state index in [4.69, 9.17) is 30.9 Å². The maximum atomic E-state index is 13.7. The Labute approximate surface area is 252 Å². The first kappa shape index (κ1) is 30.9. The minimum atomic E-state index is -0.820. The lowest BCUT2D eigenvalue weighted by atomic mass is 9.79. The van der Waals surface area contributed by atoms with Crippen molar-refractivity contribution in [2.45, 2.75) is 47.5 Å². The molecule has 9 heteroatoms. The summed E-state index contributed by atoms with van der Waals surface area (Å²) in [4.78, 5) is 27.5. The van der Waals surface area contributed by atoms with Crippen molar-refractivity contribution in [3.8, 4) is 22.7 Å². The predicted molar refractivity (Wildman–Crippen MR) is 163 cm³/mol. The van der Waals surface area contributed by atoms with Gasteiger partial charge in [-0.1, -0.05) is 57.5 Å². The summed E-state index contributed by atoms with van der Waals surface area (Å²) in [5, 5.41) is 8.60. The third-order valence-electron chi connectivity index (χ3n) is 6.80. The summed E-state index contributed by atoms with van der Waals surface area (Å²) in [5.41, 5.74) is 4.54. The van der Waals surface area contributed by atoms with E-state index in [1.54, 1.807) is 23.9 Å². The number of halogens is 1. The molecule has 1 aliphatic heterocycles. The summed E-state index contributed by atoms with van der Waals surface area (Å²) in [6, 6.07) is 15.0. The van der Waals surface area contributed by atoms with Gasteiger partial charge in [0.25, 0.3) is 0 Å². The minimum Gasteiger partial charge on any atom is -0.495 e. The number of carbonyl (C=O) groups excluding carboxylic acids is 2. The number of rotatable bonds is 10. The third-order valence-corrected chi connectivity index (χ3v) is 7.09. The number of para-hydroxylation sites is 1. The van der Waals surface area contributed by atoms with Crippen LogP contribution in [0, 0.1) is 11.8 Å². The number of nitrogens with zero attached hydrogens (tertiary/aromatic N) is 2. The number of aromatic nitrogens is 2. The van der Waals surface area contributed by atoms with Gasteiger partial charge in [-0.2, -0.15) is 5.10 Å². The first-order valence-corrected chi connectivity index (χ1v) is 14.4. The van der Waals surface area contributed by atoms with Crippen molar-refractivity contribution in [1.82, 2.24) is 15.1 Å². The van der Waals surface area contributed by atoms with Gasteiger partial charge in [0.05, 0.1) is 53.8 Å². The number of hydrogen-bond donors (Lipinski definition) is 1. The van der Waals surface area contributed by atoms with Crippen LogP contribution in [-0.2, 0) is 19.1 Å². The Morgan fingerprint density at radius 3 is 2.00 bits per heavy atom. The van der Waals surface area contributed by atoms with E-state index in [1.165, 1.54) is 0 Å². The van der Waals surface area contributed by atoms with Gasteiger partial charge in [-0.3, -0.25) is 0 Å². The van der Waals surface area contributed by atoms with Gasteiger partial charge in [0.15, 0.2) is 0 Å². The molecule has 0 aliphatic carbocycles. The number of dihydropyridines is 1. The van der Waals surface area contributed by atoms with E-state index in [0.717, 1.165) is 5.69 Å². The zero-order valence-electron chi connectivity index (χ0n) is 25.2. The maximum Gasteiger partial charge on any atom is 0.336 e. The monoisotopic (exact) mass is 591 g/mol. The van der Waals surface area contributed by atoms with E-state index in [-0.39, 0.29) is 25.0 Å². The van der Waals surface area contributed by atoms with Crippen molar-refractivity contribution in [3.63, 3.8) is 0 Å². The van der Waals surface area contributed by atoms with E-state index in [2.05, 4.69) is 5.32 Å². The molecule has 0 fully saturated rings. The number of carbonyl (C=O) groups is 2. The van der Waals surface area contributed by atoms with E-state index >= 15 is 0 Å². The largest absolute Gasteiger partial charge is 0.495 e. The van der Waals surface area contributed by atoms with Crippen LogP contribution in [0.5, 0.6) is 5.75 Å². The Bertz CT molecular complexity index is 1480.